The summed E-state index contributed by atoms with van der Waals surface area (Å²) in [6, 6.07) is 12.6. The van der Waals surface area contributed by atoms with E-state index in [0.29, 0.717) is 21.7 Å². The smallest absolute Gasteiger partial charge is 0.297 e. The van der Waals surface area contributed by atoms with Crippen LogP contribution >= 0.6 is 27.3 Å². The van der Waals surface area contributed by atoms with Crippen molar-refractivity contribution < 1.29 is 9.21 Å². The molecule has 3 heterocycles. The van der Waals surface area contributed by atoms with Gasteiger partial charge in [-0.2, -0.15) is 0 Å². The Bertz CT molecular complexity index is 1380. The third-order valence-corrected chi connectivity index (χ3v) is 7.06. The van der Waals surface area contributed by atoms with Gasteiger partial charge in [-0.25, -0.2) is 0 Å². The Morgan fingerprint density at radius 2 is 1.84 bits per heavy atom. The summed E-state index contributed by atoms with van der Waals surface area (Å²) in [5.74, 6) is -0.307. The van der Waals surface area contributed by atoms with Gasteiger partial charge in [-0.15, -0.1) is 10.2 Å². The standard InChI is InChI=1S/C23H18BrN3O3S/c1-3-12-5-7-13(8-6-12)19-18-20(28)15-11-14(24)9-10-16(15)30-21(18)22(29)27(19)23-26-25-17(4-2)31-23/h5-11,19H,3-4H2,1-2H3. The minimum atomic E-state index is -0.620. The van der Waals surface area contributed by atoms with E-state index < -0.39 is 6.04 Å². The lowest BCUT2D eigenvalue weighted by Crippen LogP contribution is -2.29. The van der Waals surface area contributed by atoms with Gasteiger partial charge in [0.05, 0.1) is 17.0 Å². The normalized spacial score (nSPS) is 15.6. The lowest BCUT2D eigenvalue weighted by Gasteiger charge is -2.22. The molecule has 1 unspecified atom stereocenters. The predicted molar refractivity (Wildman–Crippen MR) is 124 cm³/mol. The van der Waals surface area contributed by atoms with Crippen LogP contribution in [-0.2, 0) is 12.8 Å². The number of benzene rings is 2. The highest BCUT2D eigenvalue weighted by Crippen LogP contribution is 2.42. The topological polar surface area (TPSA) is 76.3 Å². The number of hydrogen-bond acceptors (Lipinski definition) is 6. The molecular weight excluding hydrogens is 478 g/mol. The molecule has 0 bridgehead atoms. The maximum atomic E-state index is 13.6. The van der Waals surface area contributed by atoms with Crippen molar-refractivity contribution in [2.24, 2.45) is 0 Å². The van der Waals surface area contributed by atoms with E-state index in [-0.39, 0.29) is 17.1 Å². The van der Waals surface area contributed by atoms with Gasteiger partial charge >= 0.3 is 0 Å². The second kappa shape index (κ2) is 7.69. The Labute approximate surface area is 190 Å². The molecule has 0 fully saturated rings. The SMILES string of the molecule is CCc1ccc(C2c3c(oc4ccc(Br)cc4c3=O)C(=O)N2c2nnc(CC)s2)cc1. The van der Waals surface area contributed by atoms with E-state index in [1.807, 2.05) is 31.2 Å². The first-order valence-corrected chi connectivity index (χ1v) is 11.6. The first-order chi connectivity index (χ1) is 15.0. The highest BCUT2D eigenvalue weighted by molar-refractivity contribution is 9.10. The molecule has 1 amide bonds. The van der Waals surface area contributed by atoms with Gasteiger partial charge in [0.15, 0.2) is 5.43 Å². The van der Waals surface area contributed by atoms with Crippen LogP contribution in [0.5, 0.6) is 0 Å². The molecule has 0 N–H and O–H groups in total. The predicted octanol–water partition coefficient (Wildman–Crippen LogP) is 5.28. The van der Waals surface area contributed by atoms with Crippen LogP contribution in [0.25, 0.3) is 11.0 Å². The minimum Gasteiger partial charge on any atom is -0.450 e. The first-order valence-electron chi connectivity index (χ1n) is 10.0. The van der Waals surface area contributed by atoms with Crippen LogP contribution in [0.1, 0.15) is 52.1 Å². The fraction of sp³-hybridized carbons (Fsp3) is 0.217. The fourth-order valence-corrected chi connectivity index (χ4v) is 5.04. The Morgan fingerprint density at radius 1 is 1.06 bits per heavy atom. The lowest BCUT2D eigenvalue weighted by molar-refractivity contribution is 0.0970. The van der Waals surface area contributed by atoms with Crippen LogP contribution in [0.2, 0.25) is 0 Å². The van der Waals surface area contributed by atoms with E-state index >= 15 is 0 Å². The summed E-state index contributed by atoms with van der Waals surface area (Å²) in [5.41, 5.74) is 2.53. The molecule has 2 aromatic heterocycles. The van der Waals surface area contributed by atoms with Gasteiger partial charge in [-0.05, 0) is 42.2 Å². The zero-order valence-corrected chi connectivity index (χ0v) is 19.3. The number of fused-ring (bicyclic) bond motifs is 2. The molecule has 0 aliphatic carbocycles. The van der Waals surface area contributed by atoms with E-state index in [0.717, 1.165) is 27.9 Å². The molecule has 6 nitrogen and oxygen atoms in total. The molecule has 156 valence electrons. The van der Waals surface area contributed by atoms with Gasteiger partial charge in [-0.3, -0.25) is 14.5 Å². The molecule has 31 heavy (non-hydrogen) atoms. The van der Waals surface area contributed by atoms with Crippen LogP contribution in [0.15, 0.2) is 56.1 Å². The number of aryl methyl sites for hydroxylation is 2. The van der Waals surface area contributed by atoms with Crippen LogP contribution in [-0.4, -0.2) is 16.1 Å². The number of amides is 1. The van der Waals surface area contributed by atoms with E-state index in [1.54, 1.807) is 23.1 Å². The number of nitrogens with zero attached hydrogens (tertiary/aromatic N) is 3. The summed E-state index contributed by atoms with van der Waals surface area (Å²) in [5, 5.41) is 10.1. The summed E-state index contributed by atoms with van der Waals surface area (Å²) in [6.07, 6.45) is 1.62. The highest BCUT2D eigenvalue weighted by atomic mass is 79.9. The molecule has 1 atom stereocenters. The fourth-order valence-electron chi connectivity index (χ4n) is 3.88. The molecule has 0 saturated carbocycles. The average Bonchev–Trinajstić information content (AvgIpc) is 3.37. The quantitative estimate of drug-likeness (QED) is 0.384. The lowest BCUT2D eigenvalue weighted by atomic mass is 9.97. The molecule has 0 saturated heterocycles. The average molecular weight is 496 g/mol. The summed E-state index contributed by atoms with van der Waals surface area (Å²) in [6.45, 7) is 4.07. The van der Waals surface area contributed by atoms with Crippen molar-refractivity contribution in [2.75, 3.05) is 4.90 Å². The number of carbonyl (C=O) groups is 1. The zero-order chi connectivity index (χ0) is 21.7. The van der Waals surface area contributed by atoms with Gasteiger partial charge in [0.25, 0.3) is 5.91 Å². The van der Waals surface area contributed by atoms with Crippen molar-refractivity contribution in [1.82, 2.24) is 10.2 Å². The third-order valence-electron chi connectivity index (χ3n) is 5.50. The van der Waals surface area contributed by atoms with Crippen LogP contribution < -0.4 is 10.3 Å². The zero-order valence-electron chi connectivity index (χ0n) is 16.9. The van der Waals surface area contributed by atoms with Gasteiger partial charge in [0.2, 0.25) is 10.9 Å². The molecule has 1 aliphatic heterocycles. The molecule has 0 spiro atoms. The maximum Gasteiger partial charge on any atom is 0.297 e. The summed E-state index contributed by atoms with van der Waals surface area (Å²) >= 11 is 4.77. The molecule has 2 aromatic carbocycles. The van der Waals surface area contributed by atoms with E-state index in [9.17, 15) is 9.59 Å². The third kappa shape index (κ3) is 3.21. The molecule has 4 aromatic rings. The van der Waals surface area contributed by atoms with Crippen LogP contribution in [0.4, 0.5) is 5.13 Å². The largest absolute Gasteiger partial charge is 0.450 e. The van der Waals surface area contributed by atoms with Crippen molar-refractivity contribution in [1.29, 1.82) is 0 Å². The monoisotopic (exact) mass is 495 g/mol. The number of aromatic nitrogens is 2. The Balaban J connectivity index is 1.78. The molecule has 0 radical (unpaired) electrons. The van der Waals surface area contributed by atoms with Gasteiger partial charge in [0, 0.05) is 4.47 Å². The van der Waals surface area contributed by atoms with Gasteiger partial charge < -0.3 is 4.42 Å². The summed E-state index contributed by atoms with van der Waals surface area (Å²) in [4.78, 5) is 28.6. The number of anilines is 1. The summed E-state index contributed by atoms with van der Waals surface area (Å²) < 4.78 is 6.75. The van der Waals surface area contributed by atoms with E-state index in [4.69, 9.17) is 4.42 Å². The van der Waals surface area contributed by atoms with Crippen LogP contribution in [0, 0.1) is 0 Å². The number of hydrogen-bond donors (Lipinski definition) is 0. The van der Waals surface area contributed by atoms with Crippen molar-refractivity contribution in [3.8, 4) is 0 Å². The Hall–Kier alpha value is -2.84. The minimum absolute atomic E-state index is 0.0673. The Morgan fingerprint density at radius 3 is 2.52 bits per heavy atom. The van der Waals surface area contributed by atoms with Gasteiger partial charge in [0.1, 0.15) is 10.6 Å². The number of halogens is 1. The van der Waals surface area contributed by atoms with Crippen molar-refractivity contribution in [2.45, 2.75) is 32.7 Å². The molecule has 8 heteroatoms. The highest BCUT2D eigenvalue weighted by Gasteiger charge is 2.45. The maximum absolute atomic E-state index is 13.6. The number of rotatable bonds is 4. The van der Waals surface area contributed by atoms with E-state index in [1.165, 1.54) is 16.9 Å². The van der Waals surface area contributed by atoms with E-state index in [2.05, 4.69) is 33.1 Å². The first kappa shape index (κ1) is 20.1. The van der Waals surface area contributed by atoms with Crippen LogP contribution in [0.3, 0.4) is 0 Å². The second-order valence-corrected chi connectivity index (χ2v) is 9.28. The molecule has 5 rings (SSSR count). The Kier molecular flexibility index (Phi) is 4.98. The molecular formula is C23H18BrN3O3S. The van der Waals surface area contributed by atoms with Crippen molar-refractivity contribution >= 4 is 49.3 Å². The van der Waals surface area contributed by atoms with Gasteiger partial charge in [-0.1, -0.05) is 65.4 Å². The summed E-state index contributed by atoms with van der Waals surface area (Å²) in [7, 11) is 0. The second-order valence-electron chi connectivity index (χ2n) is 7.32. The van der Waals surface area contributed by atoms with Crippen molar-refractivity contribution in [3.05, 3.63) is 84.6 Å². The molecule has 1 aliphatic rings. The van der Waals surface area contributed by atoms with Crippen molar-refractivity contribution in [3.63, 3.8) is 0 Å². The number of carbonyl (C=O) groups excluding carboxylic acids is 1.